The van der Waals surface area contributed by atoms with Gasteiger partial charge in [-0.15, -0.1) is 0 Å². The van der Waals surface area contributed by atoms with Gasteiger partial charge in [0.1, 0.15) is 0 Å². The Kier molecular flexibility index (Phi) is 5.37. The number of likely N-dealkylation sites (tertiary alicyclic amines) is 1. The van der Waals surface area contributed by atoms with Crippen LogP contribution in [0.3, 0.4) is 0 Å². The zero-order valence-electron chi connectivity index (χ0n) is 8.89. The summed E-state index contributed by atoms with van der Waals surface area (Å²) in [4.78, 5) is 7.44. The molecule has 1 rings (SSSR count). The van der Waals surface area contributed by atoms with Crippen LogP contribution in [-0.2, 0) is 0 Å². The van der Waals surface area contributed by atoms with E-state index in [9.17, 15) is 0 Å². The summed E-state index contributed by atoms with van der Waals surface area (Å²) in [7, 11) is 2.07. The van der Waals surface area contributed by atoms with E-state index >= 15 is 0 Å². The van der Waals surface area contributed by atoms with Gasteiger partial charge in [0.05, 0.1) is 0 Å². The molecule has 0 radical (unpaired) electrons. The summed E-state index contributed by atoms with van der Waals surface area (Å²) in [6.07, 6.45) is 2.70. The van der Waals surface area contributed by atoms with Crippen LogP contribution in [-0.4, -0.2) is 56.1 Å². The topological polar surface area (TPSA) is 55.2 Å². The Labute approximate surface area is 85.3 Å². The molecule has 1 heterocycles. The Hall–Kier alpha value is -0.770. The van der Waals surface area contributed by atoms with Gasteiger partial charge in [-0.3, -0.25) is 0 Å². The molecule has 5 heteroatoms. The van der Waals surface area contributed by atoms with Crippen LogP contribution in [0.5, 0.6) is 0 Å². The van der Waals surface area contributed by atoms with E-state index in [0.717, 1.165) is 19.6 Å². The molecule has 0 aromatic heterocycles. The lowest BCUT2D eigenvalue weighted by Gasteiger charge is -2.20. The average molecular weight is 197 g/mol. The lowest BCUT2D eigenvalue weighted by atomic mass is 10.4. The summed E-state index contributed by atoms with van der Waals surface area (Å²) >= 11 is 0. The van der Waals surface area contributed by atoms with Crippen LogP contribution in [0.1, 0.15) is 12.8 Å². The van der Waals surface area contributed by atoms with Crippen LogP contribution >= 0.6 is 0 Å². The van der Waals surface area contributed by atoms with E-state index in [1.54, 1.807) is 0 Å². The second-order valence-corrected chi connectivity index (χ2v) is 3.81. The first-order valence-electron chi connectivity index (χ1n) is 5.24. The van der Waals surface area contributed by atoms with Gasteiger partial charge in [-0.2, -0.15) is 0 Å². The number of hydrogen-bond donors (Lipinski definition) is 0. The molecule has 0 saturated carbocycles. The molecule has 0 aliphatic carbocycles. The van der Waals surface area contributed by atoms with E-state index in [4.69, 9.17) is 5.53 Å². The molecular formula is C9H19N5. The van der Waals surface area contributed by atoms with Crippen molar-refractivity contribution < 1.29 is 0 Å². The lowest BCUT2D eigenvalue weighted by Crippen LogP contribution is -2.32. The zero-order valence-corrected chi connectivity index (χ0v) is 8.89. The van der Waals surface area contributed by atoms with Crippen LogP contribution in [0.2, 0.25) is 0 Å². The SMILES string of the molecule is CN(CCN=[N+]=[N-])CCN1CCCC1. The molecule has 5 nitrogen and oxygen atoms in total. The number of rotatable bonds is 6. The minimum Gasteiger partial charge on any atom is -0.305 e. The van der Waals surface area contributed by atoms with Crippen LogP contribution in [0.4, 0.5) is 0 Å². The molecule has 0 N–H and O–H groups in total. The first-order chi connectivity index (χ1) is 6.83. The number of nitrogens with zero attached hydrogens (tertiary/aromatic N) is 5. The van der Waals surface area contributed by atoms with E-state index in [2.05, 4.69) is 26.9 Å². The third-order valence-corrected chi connectivity index (χ3v) is 2.64. The molecule has 0 bridgehead atoms. The maximum atomic E-state index is 8.11. The Morgan fingerprint density at radius 1 is 1.36 bits per heavy atom. The largest absolute Gasteiger partial charge is 0.305 e. The van der Waals surface area contributed by atoms with Gasteiger partial charge in [0, 0.05) is 31.1 Å². The lowest BCUT2D eigenvalue weighted by molar-refractivity contribution is 0.261. The van der Waals surface area contributed by atoms with Crippen molar-refractivity contribution in [2.24, 2.45) is 5.11 Å². The van der Waals surface area contributed by atoms with E-state index < -0.39 is 0 Å². The average Bonchev–Trinajstić information content (AvgIpc) is 2.68. The van der Waals surface area contributed by atoms with Crippen molar-refractivity contribution in [1.29, 1.82) is 0 Å². The quantitative estimate of drug-likeness (QED) is 0.366. The maximum Gasteiger partial charge on any atom is 0.0385 e. The van der Waals surface area contributed by atoms with E-state index in [1.807, 2.05) is 0 Å². The van der Waals surface area contributed by atoms with Crippen LogP contribution in [0, 0.1) is 0 Å². The fraction of sp³-hybridized carbons (Fsp3) is 1.00. The Bertz CT molecular complexity index is 193. The van der Waals surface area contributed by atoms with Gasteiger partial charge in [0.15, 0.2) is 0 Å². The number of hydrogen-bond acceptors (Lipinski definition) is 3. The first kappa shape index (κ1) is 11.3. The number of likely N-dealkylation sites (N-methyl/N-ethyl adjacent to an activating group) is 1. The molecule has 1 fully saturated rings. The molecule has 0 amide bonds. The highest BCUT2D eigenvalue weighted by atomic mass is 15.2. The Morgan fingerprint density at radius 2 is 2.07 bits per heavy atom. The van der Waals surface area contributed by atoms with Crippen LogP contribution < -0.4 is 0 Å². The molecular weight excluding hydrogens is 178 g/mol. The normalized spacial score (nSPS) is 17.3. The monoisotopic (exact) mass is 197 g/mol. The molecule has 14 heavy (non-hydrogen) atoms. The molecule has 0 unspecified atom stereocenters. The van der Waals surface area contributed by atoms with Gasteiger partial charge >= 0.3 is 0 Å². The van der Waals surface area contributed by atoms with E-state index in [0.29, 0.717) is 6.54 Å². The van der Waals surface area contributed by atoms with Gasteiger partial charge in [0.2, 0.25) is 0 Å². The second kappa shape index (κ2) is 6.65. The predicted octanol–water partition coefficient (Wildman–Crippen LogP) is 1.32. The highest BCUT2D eigenvalue weighted by molar-refractivity contribution is 4.67. The van der Waals surface area contributed by atoms with Crippen molar-refractivity contribution in [3.05, 3.63) is 10.4 Å². The molecule has 1 saturated heterocycles. The zero-order chi connectivity index (χ0) is 10.2. The molecule has 0 spiro atoms. The summed E-state index contributed by atoms with van der Waals surface area (Å²) in [5, 5.41) is 3.52. The molecule has 80 valence electrons. The molecule has 1 aliphatic rings. The van der Waals surface area contributed by atoms with E-state index in [-0.39, 0.29) is 0 Å². The van der Waals surface area contributed by atoms with Crippen molar-refractivity contribution in [2.45, 2.75) is 12.8 Å². The first-order valence-corrected chi connectivity index (χ1v) is 5.24. The fourth-order valence-corrected chi connectivity index (χ4v) is 1.69. The predicted molar refractivity (Wildman–Crippen MR) is 57.2 cm³/mol. The van der Waals surface area contributed by atoms with Crippen LogP contribution in [0.25, 0.3) is 10.4 Å². The minimum atomic E-state index is 0.576. The summed E-state index contributed by atoms with van der Waals surface area (Å²) in [6.45, 7) is 6.16. The molecule has 0 aromatic carbocycles. The fourth-order valence-electron chi connectivity index (χ4n) is 1.69. The number of azide groups is 1. The van der Waals surface area contributed by atoms with Gasteiger partial charge in [0.25, 0.3) is 0 Å². The van der Waals surface area contributed by atoms with Gasteiger partial charge in [-0.25, -0.2) is 0 Å². The summed E-state index contributed by atoms with van der Waals surface area (Å²) in [6, 6.07) is 0. The van der Waals surface area contributed by atoms with Crippen molar-refractivity contribution in [2.75, 3.05) is 46.3 Å². The summed E-state index contributed by atoms with van der Waals surface area (Å²) in [5.41, 5.74) is 8.11. The molecule has 1 aliphatic heterocycles. The minimum absolute atomic E-state index is 0.576. The maximum absolute atomic E-state index is 8.11. The van der Waals surface area contributed by atoms with Gasteiger partial charge in [-0.1, -0.05) is 5.11 Å². The molecule has 0 atom stereocenters. The van der Waals surface area contributed by atoms with Crippen molar-refractivity contribution in [1.82, 2.24) is 9.80 Å². The third-order valence-electron chi connectivity index (χ3n) is 2.64. The Balaban J connectivity index is 2.01. The molecule has 0 aromatic rings. The Morgan fingerprint density at radius 3 is 2.71 bits per heavy atom. The van der Waals surface area contributed by atoms with Gasteiger partial charge in [-0.05, 0) is 38.5 Å². The highest BCUT2D eigenvalue weighted by Crippen LogP contribution is 2.06. The third kappa shape index (κ3) is 4.46. The summed E-state index contributed by atoms with van der Waals surface area (Å²) < 4.78 is 0. The van der Waals surface area contributed by atoms with Gasteiger partial charge < -0.3 is 9.80 Å². The van der Waals surface area contributed by atoms with Crippen molar-refractivity contribution >= 4 is 0 Å². The van der Waals surface area contributed by atoms with Crippen molar-refractivity contribution in [3.8, 4) is 0 Å². The standard InChI is InChI=1S/C9H19N5/c1-13(7-4-11-12-10)8-9-14-5-2-3-6-14/h2-9H2,1H3. The smallest absolute Gasteiger partial charge is 0.0385 e. The van der Waals surface area contributed by atoms with E-state index in [1.165, 1.54) is 25.9 Å². The second-order valence-electron chi connectivity index (χ2n) is 3.81. The highest BCUT2D eigenvalue weighted by Gasteiger charge is 2.11. The summed E-state index contributed by atoms with van der Waals surface area (Å²) in [5.74, 6) is 0. The van der Waals surface area contributed by atoms with Crippen molar-refractivity contribution in [3.63, 3.8) is 0 Å². The van der Waals surface area contributed by atoms with Crippen LogP contribution in [0.15, 0.2) is 5.11 Å².